The fraction of sp³-hybridized carbons (Fsp3) is 0.286. The van der Waals surface area contributed by atoms with Crippen molar-refractivity contribution in [3.8, 4) is 0 Å². The number of rotatable bonds is 7. The number of nitro groups is 1. The van der Waals surface area contributed by atoms with E-state index < -0.39 is 20.7 Å². The standard InChI is InChI=1S/C14H16N2O4S2/c1-11(14-7-4-8-21-14)9-15-22(19,20)10-12-5-2-3-6-13(12)16(17)18/h2-8,11,15H,9-10H2,1H3. The van der Waals surface area contributed by atoms with Gasteiger partial charge in [0.15, 0.2) is 0 Å². The van der Waals surface area contributed by atoms with E-state index in [2.05, 4.69) is 4.72 Å². The number of benzene rings is 1. The van der Waals surface area contributed by atoms with Crippen LogP contribution in [0.5, 0.6) is 0 Å². The van der Waals surface area contributed by atoms with Gasteiger partial charge in [-0.15, -0.1) is 11.3 Å². The van der Waals surface area contributed by atoms with Crippen molar-refractivity contribution >= 4 is 27.0 Å². The molecule has 0 radical (unpaired) electrons. The summed E-state index contributed by atoms with van der Waals surface area (Å²) in [5, 5.41) is 12.9. The molecule has 22 heavy (non-hydrogen) atoms. The summed E-state index contributed by atoms with van der Waals surface area (Å²) < 4.78 is 26.8. The Kier molecular flexibility index (Phi) is 5.28. The first-order valence-corrected chi connectivity index (χ1v) is 9.15. The third-order valence-electron chi connectivity index (χ3n) is 3.17. The summed E-state index contributed by atoms with van der Waals surface area (Å²) in [5.74, 6) is -0.345. The summed E-state index contributed by atoms with van der Waals surface area (Å²) in [4.78, 5) is 11.4. The summed E-state index contributed by atoms with van der Waals surface area (Å²) in [6.07, 6.45) is 0. The Morgan fingerprint density at radius 2 is 2.00 bits per heavy atom. The van der Waals surface area contributed by atoms with Gasteiger partial charge in [-0.3, -0.25) is 10.1 Å². The molecule has 0 bridgehead atoms. The maximum Gasteiger partial charge on any atom is 0.273 e. The number of thiophene rings is 1. The second-order valence-electron chi connectivity index (χ2n) is 4.91. The molecule has 6 nitrogen and oxygen atoms in total. The Hall–Kier alpha value is -1.77. The molecule has 0 aliphatic carbocycles. The SMILES string of the molecule is CC(CNS(=O)(=O)Cc1ccccc1[N+](=O)[O-])c1cccs1. The van der Waals surface area contributed by atoms with Crippen LogP contribution in [0.1, 0.15) is 23.3 Å². The molecule has 1 heterocycles. The predicted molar refractivity (Wildman–Crippen MR) is 86.5 cm³/mol. The van der Waals surface area contributed by atoms with E-state index >= 15 is 0 Å². The molecule has 0 spiro atoms. The molecular weight excluding hydrogens is 324 g/mol. The molecule has 0 fully saturated rings. The molecule has 2 rings (SSSR count). The van der Waals surface area contributed by atoms with Crippen LogP contribution in [0.25, 0.3) is 0 Å². The van der Waals surface area contributed by atoms with E-state index in [0.717, 1.165) is 4.88 Å². The van der Waals surface area contributed by atoms with Gasteiger partial charge in [-0.1, -0.05) is 31.2 Å². The topological polar surface area (TPSA) is 89.3 Å². The molecule has 0 aliphatic rings. The van der Waals surface area contributed by atoms with Gasteiger partial charge in [0.25, 0.3) is 5.69 Å². The normalized spacial score (nSPS) is 13.0. The molecular formula is C14H16N2O4S2. The van der Waals surface area contributed by atoms with Crippen molar-refractivity contribution in [3.63, 3.8) is 0 Å². The summed E-state index contributed by atoms with van der Waals surface area (Å²) in [7, 11) is -3.63. The molecule has 2 aromatic rings. The van der Waals surface area contributed by atoms with Gasteiger partial charge in [-0.05, 0) is 11.4 Å². The highest BCUT2D eigenvalue weighted by Crippen LogP contribution is 2.22. The lowest BCUT2D eigenvalue weighted by Gasteiger charge is -2.11. The van der Waals surface area contributed by atoms with Gasteiger partial charge in [0.05, 0.1) is 10.7 Å². The zero-order valence-corrected chi connectivity index (χ0v) is 13.6. The average Bonchev–Trinajstić information content (AvgIpc) is 2.99. The second-order valence-corrected chi connectivity index (χ2v) is 7.70. The Morgan fingerprint density at radius 1 is 1.27 bits per heavy atom. The number of nitrogens with zero attached hydrogens (tertiary/aromatic N) is 1. The maximum absolute atomic E-state index is 12.1. The van der Waals surface area contributed by atoms with Gasteiger partial charge < -0.3 is 0 Å². The van der Waals surface area contributed by atoms with Crippen molar-refractivity contribution in [3.05, 3.63) is 62.3 Å². The highest BCUT2D eigenvalue weighted by atomic mass is 32.2. The van der Waals surface area contributed by atoms with Gasteiger partial charge in [-0.2, -0.15) is 0 Å². The van der Waals surface area contributed by atoms with E-state index in [9.17, 15) is 18.5 Å². The van der Waals surface area contributed by atoms with Crippen molar-refractivity contribution in [2.45, 2.75) is 18.6 Å². The molecule has 0 aliphatic heterocycles. The van der Waals surface area contributed by atoms with Gasteiger partial charge in [-0.25, -0.2) is 13.1 Å². The van der Waals surface area contributed by atoms with Crippen LogP contribution in [0.4, 0.5) is 5.69 Å². The number of nitrogens with one attached hydrogen (secondary N) is 1. The first-order valence-electron chi connectivity index (χ1n) is 6.62. The predicted octanol–water partition coefficient (Wildman–Crippen LogP) is 2.88. The molecule has 1 unspecified atom stereocenters. The van der Waals surface area contributed by atoms with Crippen LogP contribution in [-0.2, 0) is 15.8 Å². The van der Waals surface area contributed by atoms with Crippen molar-refractivity contribution in [2.24, 2.45) is 0 Å². The van der Waals surface area contributed by atoms with Crippen LogP contribution in [0, 0.1) is 10.1 Å². The van der Waals surface area contributed by atoms with Gasteiger partial charge in [0, 0.05) is 29.0 Å². The zero-order chi connectivity index (χ0) is 16.2. The first-order chi connectivity index (χ1) is 10.4. The zero-order valence-electron chi connectivity index (χ0n) is 11.9. The quantitative estimate of drug-likeness (QED) is 0.620. The highest BCUT2D eigenvalue weighted by Gasteiger charge is 2.20. The second kappa shape index (κ2) is 6.99. The third kappa shape index (κ3) is 4.36. The van der Waals surface area contributed by atoms with E-state index in [0.29, 0.717) is 0 Å². The van der Waals surface area contributed by atoms with Crippen LogP contribution < -0.4 is 4.72 Å². The van der Waals surface area contributed by atoms with Gasteiger partial charge >= 0.3 is 0 Å². The van der Waals surface area contributed by atoms with Gasteiger partial charge in [0.1, 0.15) is 0 Å². The monoisotopic (exact) mass is 340 g/mol. The fourth-order valence-electron chi connectivity index (χ4n) is 1.99. The molecule has 8 heteroatoms. The number of nitro benzene ring substituents is 1. The number of hydrogen-bond donors (Lipinski definition) is 1. The summed E-state index contributed by atoms with van der Waals surface area (Å²) in [5.41, 5.74) is 0.00274. The van der Waals surface area contributed by atoms with Gasteiger partial charge in [0.2, 0.25) is 10.0 Å². The van der Waals surface area contributed by atoms with Crippen molar-refractivity contribution < 1.29 is 13.3 Å². The molecule has 1 aromatic heterocycles. The van der Waals surface area contributed by atoms with Crippen molar-refractivity contribution in [2.75, 3.05) is 6.54 Å². The minimum absolute atomic E-state index is 0.0561. The molecule has 0 saturated carbocycles. The molecule has 0 saturated heterocycles. The van der Waals surface area contributed by atoms with E-state index in [-0.39, 0.29) is 23.7 Å². The maximum atomic E-state index is 12.1. The van der Waals surface area contributed by atoms with E-state index in [1.807, 2.05) is 24.4 Å². The highest BCUT2D eigenvalue weighted by molar-refractivity contribution is 7.88. The van der Waals surface area contributed by atoms with E-state index in [1.165, 1.54) is 18.2 Å². The van der Waals surface area contributed by atoms with Crippen LogP contribution in [0.15, 0.2) is 41.8 Å². The van der Waals surface area contributed by atoms with Crippen LogP contribution in [0.3, 0.4) is 0 Å². The summed E-state index contributed by atoms with van der Waals surface area (Å²) >= 11 is 1.57. The fourth-order valence-corrected chi connectivity index (χ4v) is 4.04. The Balaban J connectivity index is 2.04. The lowest BCUT2D eigenvalue weighted by Crippen LogP contribution is -2.28. The van der Waals surface area contributed by atoms with Crippen molar-refractivity contribution in [1.29, 1.82) is 0 Å². The minimum atomic E-state index is -3.63. The average molecular weight is 340 g/mol. The Bertz CT molecular complexity index is 742. The number of para-hydroxylation sites is 1. The lowest BCUT2D eigenvalue weighted by atomic mass is 10.1. The van der Waals surface area contributed by atoms with Crippen molar-refractivity contribution in [1.82, 2.24) is 4.72 Å². The largest absolute Gasteiger partial charge is 0.273 e. The van der Waals surface area contributed by atoms with Crippen LogP contribution >= 0.6 is 11.3 Å². The smallest absolute Gasteiger partial charge is 0.258 e. The molecule has 0 amide bonds. The minimum Gasteiger partial charge on any atom is -0.258 e. The van der Waals surface area contributed by atoms with E-state index in [4.69, 9.17) is 0 Å². The van der Waals surface area contributed by atoms with Crippen LogP contribution in [0.2, 0.25) is 0 Å². The number of hydrogen-bond acceptors (Lipinski definition) is 5. The Morgan fingerprint density at radius 3 is 2.64 bits per heavy atom. The molecule has 1 aromatic carbocycles. The van der Waals surface area contributed by atoms with Crippen LogP contribution in [-0.4, -0.2) is 19.9 Å². The Labute approximate surface area is 133 Å². The third-order valence-corrected chi connectivity index (χ3v) is 5.57. The number of sulfonamides is 1. The lowest BCUT2D eigenvalue weighted by molar-refractivity contribution is -0.385. The summed E-state index contributed by atoms with van der Waals surface area (Å²) in [6.45, 7) is 2.20. The molecule has 118 valence electrons. The molecule has 1 N–H and O–H groups in total. The van der Waals surface area contributed by atoms with E-state index in [1.54, 1.807) is 17.4 Å². The molecule has 1 atom stereocenters. The summed E-state index contributed by atoms with van der Waals surface area (Å²) in [6, 6.07) is 9.73. The first kappa shape index (κ1) is 16.6.